The summed E-state index contributed by atoms with van der Waals surface area (Å²) in [5.41, 5.74) is 1.50. The number of aromatic nitrogens is 1. The molecule has 25 heavy (non-hydrogen) atoms. The molecular formula is C23H42ClN. The van der Waals surface area contributed by atoms with Gasteiger partial charge in [-0.05, 0) is 13.3 Å². The van der Waals surface area contributed by atoms with Gasteiger partial charge in [0.05, 0.1) is 0 Å². The average molecular weight is 368 g/mol. The van der Waals surface area contributed by atoms with Crippen LogP contribution in [0, 0.1) is 0 Å². The van der Waals surface area contributed by atoms with Crippen molar-refractivity contribution in [3.05, 3.63) is 30.1 Å². The number of rotatable bonds is 16. The first-order valence-corrected chi connectivity index (χ1v) is 10.9. The molecule has 1 aromatic heterocycles. The Morgan fingerprint density at radius 2 is 1.12 bits per heavy atom. The van der Waals surface area contributed by atoms with Gasteiger partial charge in [-0.2, -0.15) is 0 Å². The molecule has 2 heteroatoms. The molecule has 0 atom stereocenters. The molecule has 0 N–H and O–H groups in total. The maximum Gasteiger partial charge on any atom is 0.181 e. The van der Waals surface area contributed by atoms with Crippen molar-refractivity contribution in [2.24, 2.45) is 0 Å². The summed E-state index contributed by atoms with van der Waals surface area (Å²) < 4.78 is 2.38. The molecule has 0 radical (unpaired) electrons. The zero-order valence-electron chi connectivity index (χ0n) is 16.9. The number of pyridine rings is 1. The van der Waals surface area contributed by atoms with Gasteiger partial charge in [0.15, 0.2) is 11.9 Å². The third kappa shape index (κ3) is 13.3. The van der Waals surface area contributed by atoms with Gasteiger partial charge in [-0.3, -0.25) is 0 Å². The van der Waals surface area contributed by atoms with Crippen LogP contribution >= 0.6 is 0 Å². The Labute approximate surface area is 164 Å². The average Bonchev–Trinajstić information content (AvgIpc) is 2.62. The van der Waals surface area contributed by atoms with Gasteiger partial charge in [0, 0.05) is 18.6 Å². The van der Waals surface area contributed by atoms with Gasteiger partial charge in [0.1, 0.15) is 6.54 Å². The predicted octanol–water partition coefficient (Wildman–Crippen LogP) is 4.02. The summed E-state index contributed by atoms with van der Waals surface area (Å²) in [7, 11) is 0. The summed E-state index contributed by atoms with van der Waals surface area (Å²) in [5.74, 6) is 0. The van der Waals surface area contributed by atoms with Crippen LogP contribution in [0.2, 0.25) is 0 Å². The largest absolute Gasteiger partial charge is 1.00 e. The highest BCUT2D eigenvalue weighted by Crippen LogP contribution is 2.13. The number of unbranched alkanes of at least 4 members (excludes halogenated alkanes) is 13. The van der Waals surface area contributed by atoms with E-state index in [1.165, 1.54) is 102 Å². The molecular weight excluding hydrogens is 326 g/mol. The molecule has 0 saturated heterocycles. The summed E-state index contributed by atoms with van der Waals surface area (Å²) in [6.07, 6.45) is 23.6. The first-order valence-electron chi connectivity index (χ1n) is 10.9. The van der Waals surface area contributed by atoms with E-state index in [-0.39, 0.29) is 12.4 Å². The van der Waals surface area contributed by atoms with Gasteiger partial charge in [0.25, 0.3) is 0 Å². The maximum absolute atomic E-state index is 2.38. The van der Waals surface area contributed by atoms with Crippen LogP contribution in [0.5, 0.6) is 0 Å². The predicted molar refractivity (Wildman–Crippen MR) is 106 cm³/mol. The molecule has 0 fully saturated rings. The molecule has 1 rings (SSSR count). The number of hydrogen-bond acceptors (Lipinski definition) is 0. The fourth-order valence-corrected chi connectivity index (χ4v) is 3.55. The van der Waals surface area contributed by atoms with Crippen molar-refractivity contribution in [2.75, 3.05) is 0 Å². The topological polar surface area (TPSA) is 3.88 Å². The Bertz CT molecular complexity index is 391. The lowest BCUT2D eigenvalue weighted by Gasteiger charge is -2.04. The minimum absolute atomic E-state index is 0. The van der Waals surface area contributed by atoms with Gasteiger partial charge >= 0.3 is 0 Å². The molecule has 0 amide bonds. The van der Waals surface area contributed by atoms with E-state index in [1.807, 2.05) is 0 Å². The van der Waals surface area contributed by atoms with Crippen molar-refractivity contribution in [1.82, 2.24) is 0 Å². The Kier molecular flexibility index (Phi) is 17.8. The van der Waals surface area contributed by atoms with Gasteiger partial charge in [-0.25, -0.2) is 4.57 Å². The minimum atomic E-state index is 0. The van der Waals surface area contributed by atoms with E-state index >= 15 is 0 Å². The highest BCUT2D eigenvalue weighted by Gasteiger charge is 2.06. The van der Waals surface area contributed by atoms with E-state index < -0.39 is 0 Å². The quantitative estimate of drug-likeness (QED) is 0.307. The lowest BCUT2D eigenvalue weighted by Crippen LogP contribution is -3.00. The molecule has 0 aliphatic rings. The van der Waals surface area contributed by atoms with Crippen molar-refractivity contribution in [2.45, 2.75) is 117 Å². The summed E-state index contributed by atoms with van der Waals surface area (Å²) in [6.45, 7) is 5.62. The monoisotopic (exact) mass is 367 g/mol. The van der Waals surface area contributed by atoms with Crippen LogP contribution in [0.3, 0.4) is 0 Å². The maximum atomic E-state index is 2.38. The van der Waals surface area contributed by atoms with E-state index in [1.54, 1.807) is 0 Å². The van der Waals surface area contributed by atoms with Crippen LogP contribution in [0.15, 0.2) is 24.4 Å². The SMILES string of the molecule is CCCCCCCCCCCCCCCCc1cccc[n+]1CC.[Cl-]. The molecule has 0 aromatic carbocycles. The molecule has 0 aliphatic carbocycles. The Hall–Kier alpha value is -0.560. The molecule has 0 unspecified atom stereocenters. The molecule has 1 heterocycles. The zero-order chi connectivity index (χ0) is 17.3. The van der Waals surface area contributed by atoms with Crippen molar-refractivity contribution < 1.29 is 17.0 Å². The van der Waals surface area contributed by atoms with Gasteiger partial charge < -0.3 is 12.4 Å². The Morgan fingerprint density at radius 1 is 0.640 bits per heavy atom. The number of halogens is 1. The van der Waals surface area contributed by atoms with Gasteiger partial charge in [0.2, 0.25) is 0 Å². The molecule has 0 bridgehead atoms. The molecule has 146 valence electrons. The number of hydrogen-bond donors (Lipinski definition) is 0. The van der Waals surface area contributed by atoms with Crippen LogP contribution in [-0.2, 0) is 13.0 Å². The molecule has 0 aliphatic heterocycles. The van der Waals surface area contributed by atoms with E-state index in [4.69, 9.17) is 0 Å². The van der Waals surface area contributed by atoms with E-state index in [0.29, 0.717) is 0 Å². The van der Waals surface area contributed by atoms with Gasteiger partial charge in [-0.15, -0.1) is 0 Å². The third-order valence-corrected chi connectivity index (χ3v) is 5.16. The lowest BCUT2D eigenvalue weighted by atomic mass is 10.0. The van der Waals surface area contributed by atoms with Crippen LogP contribution in [0.25, 0.3) is 0 Å². The highest BCUT2D eigenvalue weighted by molar-refractivity contribution is 4.97. The summed E-state index contributed by atoms with van der Waals surface area (Å²) in [4.78, 5) is 0. The summed E-state index contributed by atoms with van der Waals surface area (Å²) in [5, 5.41) is 0. The second kappa shape index (κ2) is 18.2. The first-order chi connectivity index (χ1) is 11.9. The van der Waals surface area contributed by atoms with E-state index in [9.17, 15) is 0 Å². The standard InChI is InChI=1S/C23H42N.ClH/c1-3-5-6-7-8-9-10-11-12-13-14-15-16-17-20-23-21-18-19-22-24(23)4-2;/h18-19,21-22H,3-17,20H2,1-2H3;1H/q+1;/p-1. The van der Waals surface area contributed by atoms with Crippen LogP contribution in [-0.4, -0.2) is 0 Å². The molecule has 1 nitrogen and oxygen atoms in total. The smallest absolute Gasteiger partial charge is 0.181 e. The number of aryl methyl sites for hydroxylation is 2. The molecule has 0 saturated carbocycles. The normalized spacial score (nSPS) is 10.6. The van der Waals surface area contributed by atoms with Crippen LogP contribution in [0.1, 0.15) is 109 Å². The van der Waals surface area contributed by atoms with Crippen LogP contribution in [0.4, 0.5) is 0 Å². The fourth-order valence-electron chi connectivity index (χ4n) is 3.55. The summed E-state index contributed by atoms with van der Waals surface area (Å²) >= 11 is 0. The second-order valence-corrected chi connectivity index (χ2v) is 7.32. The lowest BCUT2D eigenvalue weighted by molar-refractivity contribution is -0.700. The van der Waals surface area contributed by atoms with Crippen LogP contribution < -0.4 is 17.0 Å². The Balaban J connectivity index is 0.00000576. The highest BCUT2D eigenvalue weighted by atomic mass is 35.5. The van der Waals surface area contributed by atoms with Crippen molar-refractivity contribution >= 4 is 0 Å². The van der Waals surface area contributed by atoms with E-state index in [0.717, 1.165) is 6.54 Å². The van der Waals surface area contributed by atoms with Crippen molar-refractivity contribution in [1.29, 1.82) is 0 Å². The summed E-state index contributed by atoms with van der Waals surface area (Å²) in [6, 6.07) is 6.59. The van der Waals surface area contributed by atoms with Crippen molar-refractivity contribution in [3.63, 3.8) is 0 Å². The number of nitrogens with zero attached hydrogens (tertiary/aromatic N) is 1. The van der Waals surface area contributed by atoms with Crippen molar-refractivity contribution in [3.8, 4) is 0 Å². The zero-order valence-corrected chi connectivity index (χ0v) is 17.7. The Morgan fingerprint density at radius 3 is 1.60 bits per heavy atom. The second-order valence-electron chi connectivity index (χ2n) is 7.32. The minimum Gasteiger partial charge on any atom is -1.00 e. The van der Waals surface area contributed by atoms with E-state index in [2.05, 4.69) is 42.8 Å². The third-order valence-electron chi connectivity index (χ3n) is 5.16. The molecule has 0 spiro atoms. The molecule has 1 aromatic rings. The first kappa shape index (κ1) is 24.4. The fraction of sp³-hybridized carbons (Fsp3) is 0.783. The van der Waals surface area contributed by atoms with Gasteiger partial charge in [-0.1, -0.05) is 96.5 Å².